The van der Waals surface area contributed by atoms with Crippen LogP contribution in [0.15, 0.2) is 21.4 Å². The first kappa shape index (κ1) is 14.9. The van der Waals surface area contributed by atoms with E-state index in [1.807, 2.05) is 4.90 Å². The second kappa shape index (κ2) is 6.09. The van der Waals surface area contributed by atoms with Crippen molar-refractivity contribution in [2.24, 2.45) is 0 Å². The third-order valence-electron chi connectivity index (χ3n) is 4.61. The molecular weight excluding hydrogens is 362 g/mol. The third-order valence-corrected chi connectivity index (χ3v) is 5.03. The van der Waals surface area contributed by atoms with Gasteiger partial charge in [0.05, 0.1) is 12.1 Å². The molecule has 2 aliphatic rings. The number of amides is 1. The average Bonchev–Trinajstić information content (AvgIpc) is 3.21. The van der Waals surface area contributed by atoms with Gasteiger partial charge in [0.25, 0.3) is 5.91 Å². The number of likely N-dealkylation sites (tertiary alicyclic amines) is 1. The van der Waals surface area contributed by atoms with Gasteiger partial charge in [0, 0.05) is 38.2 Å². The molecule has 2 aromatic rings. The maximum atomic E-state index is 12.4. The number of carbonyl (C=O) groups excluding carboxylic acids is 1. The molecule has 122 valence electrons. The largest absolute Gasteiger partial charge is 0.457 e. The van der Waals surface area contributed by atoms with Crippen LogP contribution in [0.5, 0.6) is 0 Å². The molecule has 1 amide bonds. The molecule has 2 aromatic heterocycles. The van der Waals surface area contributed by atoms with E-state index in [0.717, 1.165) is 57.2 Å². The first-order valence-electron chi connectivity index (χ1n) is 7.88. The molecule has 4 heterocycles. The van der Waals surface area contributed by atoms with E-state index in [1.54, 1.807) is 6.07 Å². The van der Waals surface area contributed by atoms with Gasteiger partial charge in [0.2, 0.25) is 0 Å². The molecule has 8 heteroatoms. The van der Waals surface area contributed by atoms with Gasteiger partial charge < -0.3 is 19.2 Å². The summed E-state index contributed by atoms with van der Waals surface area (Å²) in [5.74, 6) is 2.52. The fourth-order valence-electron chi connectivity index (χ4n) is 3.36. The SMILES string of the molecule is O=C(c1coc(Br)c1)N1CCC(c2nnc3n2CCNC3)CC1. The van der Waals surface area contributed by atoms with Gasteiger partial charge in [-0.05, 0) is 28.8 Å². The number of carbonyl (C=O) groups is 1. The number of rotatable bonds is 2. The van der Waals surface area contributed by atoms with Crippen molar-refractivity contribution in [3.63, 3.8) is 0 Å². The Morgan fingerprint density at radius 1 is 1.30 bits per heavy atom. The van der Waals surface area contributed by atoms with Gasteiger partial charge >= 0.3 is 0 Å². The fourth-order valence-corrected chi connectivity index (χ4v) is 3.70. The summed E-state index contributed by atoms with van der Waals surface area (Å²) in [4.78, 5) is 14.3. The maximum absolute atomic E-state index is 12.4. The topological polar surface area (TPSA) is 76.2 Å². The van der Waals surface area contributed by atoms with E-state index < -0.39 is 0 Å². The Morgan fingerprint density at radius 2 is 2.13 bits per heavy atom. The van der Waals surface area contributed by atoms with E-state index in [9.17, 15) is 4.79 Å². The molecule has 0 atom stereocenters. The standard InChI is InChI=1S/C15H18BrN5O2/c16-12-7-11(9-23-12)15(22)20-4-1-10(2-5-20)14-19-18-13-8-17-3-6-21(13)14/h7,9-10,17H,1-6,8H2. The van der Waals surface area contributed by atoms with E-state index in [4.69, 9.17) is 4.42 Å². The first-order valence-corrected chi connectivity index (χ1v) is 8.67. The number of hydrogen-bond donors (Lipinski definition) is 1. The Bertz CT molecular complexity index is 717. The van der Waals surface area contributed by atoms with Crippen LogP contribution in [0.1, 0.15) is 40.8 Å². The maximum Gasteiger partial charge on any atom is 0.257 e. The number of piperidine rings is 1. The molecule has 1 fully saturated rings. The monoisotopic (exact) mass is 379 g/mol. The Morgan fingerprint density at radius 3 is 2.87 bits per heavy atom. The van der Waals surface area contributed by atoms with E-state index in [0.29, 0.717) is 16.2 Å². The molecule has 0 unspecified atom stereocenters. The van der Waals surface area contributed by atoms with Crippen LogP contribution >= 0.6 is 15.9 Å². The zero-order valence-electron chi connectivity index (χ0n) is 12.7. The fraction of sp³-hybridized carbons (Fsp3) is 0.533. The van der Waals surface area contributed by atoms with Crippen molar-refractivity contribution in [3.05, 3.63) is 34.2 Å². The molecule has 4 rings (SSSR count). The predicted octanol–water partition coefficient (Wildman–Crippen LogP) is 1.76. The van der Waals surface area contributed by atoms with Crippen molar-refractivity contribution in [2.75, 3.05) is 19.6 Å². The summed E-state index contributed by atoms with van der Waals surface area (Å²) in [7, 11) is 0. The highest BCUT2D eigenvalue weighted by atomic mass is 79.9. The van der Waals surface area contributed by atoms with Crippen LogP contribution in [0, 0.1) is 0 Å². The minimum Gasteiger partial charge on any atom is -0.457 e. The molecule has 0 bridgehead atoms. The summed E-state index contributed by atoms with van der Waals surface area (Å²) >= 11 is 3.23. The summed E-state index contributed by atoms with van der Waals surface area (Å²) in [6.45, 7) is 4.17. The first-order chi connectivity index (χ1) is 11.2. The highest BCUT2D eigenvalue weighted by molar-refractivity contribution is 9.10. The minimum absolute atomic E-state index is 0.0328. The molecule has 7 nitrogen and oxygen atoms in total. The molecule has 0 radical (unpaired) electrons. The minimum atomic E-state index is 0.0328. The number of nitrogens with zero attached hydrogens (tertiary/aromatic N) is 4. The van der Waals surface area contributed by atoms with Gasteiger partial charge in [0.1, 0.15) is 17.9 Å². The van der Waals surface area contributed by atoms with Gasteiger partial charge in [-0.25, -0.2) is 0 Å². The van der Waals surface area contributed by atoms with E-state index >= 15 is 0 Å². The Hall–Kier alpha value is -1.67. The van der Waals surface area contributed by atoms with Gasteiger partial charge in [-0.3, -0.25) is 4.79 Å². The molecule has 1 N–H and O–H groups in total. The average molecular weight is 380 g/mol. The number of furan rings is 1. The number of halogens is 1. The molecule has 0 saturated carbocycles. The van der Waals surface area contributed by atoms with Crippen molar-refractivity contribution in [1.82, 2.24) is 25.0 Å². The summed E-state index contributed by atoms with van der Waals surface area (Å²) in [6, 6.07) is 1.72. The van der Waals surface area contributed by atoms with E-state index in [1.165, 1.54) is 6.26 Å². The highest BCUT2D eigenvalue weighted by Gasteiger charge is 2.29. The Kier molecular flexibility index (Phi) is 3.94. The normalized spacial score (nSPS) is 18.9. The molecular formula is C15H18BrN5O2. The van der Waals surface area contributed by atoms with Crippen LogP contribution in [0.4, 0.5) is 0 Å². The zero-order valence-corrected chi connectivity index (χ0v) is 14.3. The zero-order chi connectivity index (χ0) is 15.8. The number of fused-ring (bicyclic) bond motifs is 1. The highest BCUT2D eigenvalue weighted by Crippen LogP contribution is 2.29. The lowest BCUT2D eigenvalue weighted by molar-refractivity contribution is 0.0709. The summed E-state index contributed by atoms with van der Waals surface area (Å²) in [5, 5.41) is 12.0. The predicted molar refractivity (Wildman–Crippen MR) is 86.0 cm³/mol. The molecule has 0 aliphatic carbocycles. The van der Waals surface area contributed by atoms with Crippen molar-refractivity contribution in [2.45, 2.75) is 31.8 Å². The summed E-state index contributed by atoms with van der Waals surface area (Å²) < 4.78 is 7.99. The lowest BCUT2D eigenvalue weighted by atomic mass is 9.95. The van der Waals surface area contributed by atoms with Gasteiger partial charge in [0.15, 0.2) is 4.67 Å². The third kappa shape index (κ3) is 2.81. The molecule has 2 aliphatic heterocycles. The number of aromatic nitrogens is 3. The molecule has 0 aromatic carbocycles. The van der Waals surface area contributed by atoms with Crippen molar-refractivity contribution in [1.29, 1.82) is 0 Å². The molecule has 0 spiro atoms. The van der Waals surface area contributed by atoms with Crippen LogP contribution < -0.4 is 5.32 Å². The second-order valence-corrected chi connectivity index (χ2v) is 6.79. The van der Waals surface area contributed by atoms with Gasteiger partial charge in [-0.1, -0.05) is 0 Å². The van der Waals surface area contributed by atoms with Gasteiger partial charge in [-0.15, -0.1) is 10.2 Å². The van der Waals surface area contributed by atoms with Crippen LogP contribution in [-0.2, 0) is 13.1 Å². The van der Waals surface area contributed by atoms with Crippen LogP contribution in [0.3, 0.4) is 0 Å². The summed E-state index contributed by atoms with van der Waals surface area (Å²) in [5.41, 5.74) is 0.598. The number of nitrogens with one attached hydrogen (secondary N) is 1. The lowest BCUT2D eigenvalue weighted by Crippen LogP contribution is -2.38. The Labute approximate surface area is 142 Å². The van der Waals surface area contributed by atoms with Crippen LogP contribution in [0.25, 0.3) is 0 Å². The lowest BCUT2D eigenvalue weighted by Gasteiger charge is -2.31. The van der Waals surface area contributed by atoms with Crippen molar-refractivity contribution >= 4 is 21.8 Å². The second-order valence-electron chi connectivity index (χ2n) is 6.01. The number of hydrogen-bond acceptors (Lipinski definition) is 5. The quantitative estimate of drug-likeness (QED) is 0.859. The van der Waals surface area contributed by atoms with Crippen LogP contribution in [-0.4, -0.2) is 45.2 Å². The summed E-state index contributed by atoms with van der Waals surface area (Å²) in [6.07, 6.45) is 3.35. The van der Waals surface area contributed by atoms with Gasteiger partial charge in [-0.2, -0.15) is 0 Å². The smallest absolute Gasteiger partial charge is 0.257 e. The van der Waals surface area contributed by atoms with Crippen molar-refractivity contribution in [3.8, 4) is 0 Å². The molecule has 1 saturated heterocycles. The van der Waals surface area contributed by atoms with Crippen LogP contribution in [0.2, 0.25) is 0 Å². The van der Waals surface area contributed by atoms with E-state index in [2.05, 4.69) is 36.0 Å². The van der Waals surface area contributed by atoms with E-state index in [-0.39, 0.29) is 5.91 Å². The molecule has 23 heavy (non-hydrogen) atoms. The van der Waals surface area contributed by atoms with Crippen molar-refractivity contribution < 1.29 is 9.21 Å². The Balaban J connectivity index is 1.43.